The van der Waals surface area contributed by atoms with Gasteiger partial charge in [0.1, 0.15) is 6.04 Å². The summed E-state index contributed by atoms with van der Waals surface area (Å²) in [7, 11) is 0. The summed E-state index contributed by atoms with van der Waals surface area (Å²) in [6, 6.07) is 13.0. The maximum absolute atomic E-state index is 11.0. The lowest BCUT2D eigenvalue weighted by Crippen LogP contribution is -2.87. The van der Waals surface area contributed by atoms with Crippen LogP contribution in [0.2, 0.25) is 0 Å². The summed E-state index contributed by atoms with van der Waals surface area (Å²) in [6.07, 6.45) is 2.26. The fourth-order valence-corrected chi connectivity index (χ4v) is 3.15. The lowest BCUT2D eigenvalue weighted by molar-refractivity contribution is -0.676. The number of primary amides is 1. The Balaban J connectivity index is 2.19. The van der Waals surface area contributed by atoms with Gasteiger partial charge in [-0.3, -0.25) is 4.79 Å². The minimum atomic E-state index is -0.283. The van der Waals surface area contributed by atoms with Crippen LogP contribution in [0.3, 0.4) is 0 Å². The van der Waals surface area contributed by atoms with Crippen molar-refractivity contribution in [3.05, 3.63) is 57.8 Å². The highest BCUT2D eigenvalue weighted by molar-refractivity contribution is 7.10. The number of amides is 1. The normalized spacial score (nSPS) is 12.2. The molecule has 1 aromatic carbocycles. The fourth-order valence-electron chi connectivity index (χ4n) is 2.30. The molecule has 0 radical (unpaired) electrons. The van der Waals surface area contributed by atoms with Crippen LogP contribution in [0.15, 0.2) is 41.8 Å². The number of aryl methyl sites for hydroxylation is 1. The van der Waals surface area contributed by atoms with E-state index in [-0.39, 0.29) is 11.9 Å². The number of hydrogen-bond donors (Lipinski definition) is 2. The van der Waals surface area contributed by atoms with Gasteiger partial charge in [-0.1, -0.05) is 43.7 Å². The summed E-state index contributed by atoms with van der Waals surface area (Å²) in [5, 5.41) is 4.06. The molecule has 0 fully saturated rings. The molecule has 0 saturated heterocycles. The van der Waals surface area contributed by atoms with Crippen LogP contribution in [-0.4, -0.2) is 12.5 Å². The van der Waals surface area contributed by atoms with Crippen molar-refractivity contribution >= 4 is 17.2 Å². The standard InChI is InChI=1S/C16H20N2OS/c1-2-4-12-6-8-13(9-7-12)16(18-11-15(17)19)14-5-3-10-20-14/h3,5-10,16,18H,2,4,11H2,1H3,(H2,17,19)/p+1/t16-/m1/s1. The molecule has 106 valence electrons. The van der Waals surface area contributed by atoms with Crippen LogP contribution in [0.5, 0.6) is 0 Å². The lowest BCUT2D eigenvalue weighted by Gasteiger charge is -2.14. The summed E-state index contributed by atoms with van der Waals surface area (Å²) in [5.41, 5.74) is 7.84. The van der Waals surface area contributed by atoms with Gasteiger partial charge in [-0.2, -0.15) is 0 Å². The predicted molar refractivity (Wildman–Crippen MR) is 82.6 cm³/mol. The Hall–Kier alpha value is -1.65. The summed E-state index contributed by atoms with van der Waals surface area (Å²) in [6.45, 7) is 2.49. The van der Waals surface area contributed by atoms with Gasteiger partial charge in [-0.15, -0.1) is 11.3 Å². The van der Waals surface area contributed by atoms with Crippen LogP contribution in [0.4, 0.5) is 0 Å². The van der Waals surface area contributed by atoms with Crippen molar-refractivity contribution < 1.29 is 10.1 Å². The SMILES string of the molecule is CCCc1ccc([C@@H]([NH2+]CC(N)=O)c2cccs2)cc1. The van der Waals surface area contributed by atoms with E-state index in [1.54, 1.807) is 11.3 Å². The van der Waals surface area contributed by atoms with Gasteiger partial charge < -0.3 is 11.1 Å². The Bertz CT molecular complexity index is 534. The number of nitrogens with two attached hydrogens (primary N) is 2. The van der Waals surface area contributed by atoms with Gasteiger partial charge in [-0.25, -0.2) is 0 Å². The molecule has 4 N–H and O–H groups in total. The molecule has 1 atom stereocenters. The van der Waals surface area contributed by atoms with Gasteiger partial charge in [-0.05, 0) is 23.4 Å². The maximum Gasteiger partial charge on any atom is 0.272 e. The van der Waals surface area contributed by atoms with Crippen LogP contribution in [-0.2, 0) is 11.2 Å². The summed E-state index contributed by atoms with van der Waals surface area (Å²) < 4.78 is 0. The third kappa shape index (κ3) is 3.92. The van der Waals surface area contributed by atoms with E-state index < -0.39 is 0 Å². The first-order chi connectivity index (χ1) is 9.70. The average Bonchev–Trinajstić information content (AvgIpc) is 2.95. The predicted octanol–water partition coefficient (Wildman–Crippen LogP) is 1.84. The Morgan fingerprint density at radius 3 is 2.60 bits per heavy atom. The van der Waals surface area contributed by atoms with E-state index in [4.69, 9.17) is 5.73 Å². The molecule has 1 amide bonds. The first-order valence-corrected chi connectivity index (χ1v) is 7.82. The molecule has 1 aromatic heterocycles. The Morgan fingerprint density at radius 1 is 1.30 bits per heavy atom. The number of carbonyl (C=O) groups is 1. The smallest absolute Gasteiger partial charge is 0.272 e. The highest BCUT2D eigenvalue weighted by Crippen LogP contribution is 2.23. The second-order valence-corrected chi connectivity index (χ2v) is 5.87. The Kier molecular flexibility index (Phi) is 5.32. The van der Waals surface area contributed by atoms with Crippen molar-refractivity contribution in [2.45, 2.75) is 25.8 Å². The molecule has 0 saturated carbocycles. The summed E-state index contributed by atoms with van der Waals surface area (Å²) in [5.74, 6) is -0.283. The highest BCUT2D eigenvalue weighted by Gasteiger charge is 2.19. The van der Waals surface area contributed by atoms with E-state index in [0.29, 0.717) is 6.54 Å². The molecular formula is C16H21N2OS+. The van der Waals surface area contributed by atoms with E-state index in [1.165, 1.54) is 16.0 Å². The minimum absolute atomic E-state index is 0.151. The number of hydrogen-bond acceptors (Lipinski definition) is 2. The van der Waals surface area contributed by atoms with Gasteiger partial charge >= 0.3 is 0 Å². The van der Waals surface area contributed by atoms with Crippen molar-refractivity contribution in [1.29, 1.82) is 0 Å². The van der Waals surface area contributed by atoms with Crippen LogP contribution >= 0.6 is 11.3 Å². The molecule has 2 rings (SSSR count). The van der Waals surface area contributed by atoms with Gasteiger partial charge in [0.15, 0.2) is 6.54 Å². The van der Waals surface area contributed by atoms with Crippen molar-refractivity contribution in [2.75, 3.05) is 6.54 Å². The molecular weight excluding hydrogens is 268 g/mol. The zero-order valence-electron chi connectivity index (χ0n) is 11.7. The zero-order valence-corrected chi connectivity index (χ0v) is 12.5. The molecule has 20 heavy (non-hydrogen) atoms. The van der Waals surface area contributed by atoms with Gasteiger partial charge in [0.25, 0.3) is 5.91 Å². The zero-order chi connectivity index (χ0) is 14.4. The first kappa shape index (κ1) is 14.8. The monoisotopic (exact) mass is 289 g/mol. The molecule has 0 bridgehead atoms. The molecule has 0 aliphatic carbocycles. The largest absolute Gasteiger partial charge is 0.365 e. The molecule has 2 aromatic rings. The van der Waals surface area contributed by atoms with Crippen LogP contribution in [0.25, 0.3) is 0 Å². The lowest BCUT2D eigenvalue weighted by atomic mass is 10.0. The molecule has 3 nitrogen and oxygen atoms in total. The third-order valence-corrected chi connectivity index (χ3v) is 4.24. The molecule has 0 aliphatic heterocycles. The topological polar surface area (TPSA) is 59.7 Å². The Labute approximate surface area is 123 Å². The van der Waals surface area contributed by atoms with Crippen molar-refractivity contribution in [3.8, 4) is 0 Å². The third-order valence-electron chi connectivity index (χ3n) is 3.28. The van der Waals surface area contributed by atoms with E-state index >= 15 is 0 Å². The molecule has 0 unspecified atom stereocenters. The summed E-state index contributed by atoms with van der Waals surface area (Å²) >= 11 is 1.71. The quantitative estimate of drug-likeness (QED) is 0.803. The van der Waals surface area contributed by atoms with Crippen molar-refractivity contribution in [2.24, 2.45) is 5.73 Å². The van der Waals surface area contributed by atoms with Crippen molar-refractivity contribution in [3.63, 3.8) is 0 Å². The number of rotatable bonds is 7. The van der Waals surface area contributed by atoms with E-state index in [2.05, 4.69) is 42.6 Å². The first-order valence-electron chi connectivity index (χ1n) is 6.94. The molecule has 0 spiro atoms. The highest BCUT2D eigenvalue weighted by atomic mass is 32.1. The summed E-state index contributed by atoms with van der Waals surface area (Å²) in [4.78, 5) is 12.3. The number of carbonyl (C=O) groups excluding carboxylic acids is 1. The molecule has 4 heteroatoms. The Morgan fingerprint density at radius 2 is 2.05 bits per heavy atom. The van der Waals surface area contributed by atoms with Gasteiger partial charge in [0.2, 0.25) is 0 Å². The second-order valence-electron chi connectivity index (χ2n) is 4.89. The minimum Gasteiger partial charge on any atom is -0.365 e. The van der Waals surface area contributed by atoms with E-state index in [0.717, 1.165) is 12.8 Å². The van der Waals surface area contributed by atoms with Crippen LogP contribution in [0, 0.1) is 0 Å². The van der Waals surface area contributed by atoms with Gasteiger partial charge in [0, 0.05) is 5.56 Å². The molecule has 1 heterocycles. The van der Waals surface area contributed by atoms with Crippen LogP contribution in [0.1, 0.15) is 35.4 Å². The average molecular weight is 289 g/mol. The fraction of sp³-hybridized carbons (Fsp3) is 0.312. The van der Waals surface area contributed by atoms with Crippen LogP contribution < -0.4 is 11.1 Å². The number of thiophene rings is 1. The van der Waals surface area contributed by atoms with Crippen molar-refractivity contribution in [1.82, 2.24) is 0 Å². The maximum atomic E-state index is 11.0. The van der Waals surface area contributed by atoms with E-state index in [9.17, 15) is 4.79 Å². The number of quaternary nitrogens is 1. The van der Waals surface area contributed by atoms with Gasteiger partial charge in [0.05, 0.1) is 4.88 Å². The number of benzene rings is 1. The second kappa shape index (κ2) is 7.22. The molecule has 0 aliphatic rings. The van der Waals surface area contributed by atoms with E-state index in [1.807, 2.05) is 11.4 Å².